The van der Waals surface area contributed by atoms with Crippen LogP contribution in [-0.2, 0) is 11.4 Å². The zero-order chi connectivity index (χ0) is 12.4. The highest BCUT2D eigenvalue weighted by Gasteiger charge is 2.28. The molecule has 2 N–H and O–H groups in total. The van der Waals surface area contributed by atoms with Crippen LogP contribution < -0.4 is 10.2 Å². The molecule has 5 heteroatoms. The van der Waals surface area contributed by atoms with Gasteiger partial charge in [0.1, 0.15) is 11.9 Å². The largest absolute Gasteiger partial charge is 0.392 e. The first kappa shape index (κ1) is 11.9. The summed E-state index contributed by atoms with van der Waals surface area (Å²) in [6, 6.07) is 4.13. The number of rotatable bonds is 2. The molecule has 1 saturated heterocycles. The second kappa shape index (κ2) is 4.71. The van der Waals surface area contributed by atoms with E-state index in [1.165, 1.54) is 6.07 Å². The average molecular weight is 238 g/mol. The lowest BCUT2D eigenvalue weighted by Crippen LogP contribution is -2.54. The molecule has 2 rings (SSSR count). The van der Waals surface area contributed by atoms with Crippen molar-refractivity contribution in [2.75, 3.05) is 18.0 Å². The van der Waals surface area contributed by atoms with Gasteiger partial charge in [-0.25, -0.2) is 4.39 Å². The third-order valence-corrected chi connectivity index (χ3v) is 3.03. The lowest BCUT2D eigenvalue weighted by atomic mass is 10.1. The predicted molar refractivity (Wildman–Crippen MR) is 62.1 cm³/mol. The van der Waals surface area contributed by atoms with Gasteiger partial charge in [0.25, 0.3) is 0 Å². The molecular weight excluding hydrogens is 223 g/mol. The normalized spacial score (nSPS) is 20.3. The van der Waals surface area contributed by atoms with Crippen LogP contribution in [0.25, 0.3) is 0 Å². The lowest BCUT2D eigenvalue weighted by molar-refractivity contribution is -0.122. The fourth-order valence-corrected chi connectivity index (χ4v) is 2.10. The van der Waals surface area contributed by atoms with Gasteiger partial charge in [0.15, 0.2) is 0 Å². The molecule has 17 heavy (non-hydrogen) atoms. The zero-order valence-electron chi connectivity index (χ0n) is 9.61. The third-order valence-electron chi connectivity index (χ3n) is 3.03. The van der Waals surface area contributed by atoms with Gasteiger partial charge < -0.3 is 15.3 Å². The molecule has 1 amide bonds. The molecule has 1 fully saturated rings. The van der Waals surface area contributed by atoms with Gasteiger partial charge in [-0.05, 0) is 13.0 Å². The smallest absolute Gasteiger partial charge is 0.242 e. The number of benzene rings is 1. The van der Waals surface area contributed by atoms with Crippen LogP contribution in [0.4, 0.5) is 10.1 Å². The predicted octanol–water partition coefficient (Wildman–Crippen LogP) is 0.643. The van der Waals surface area contributed by atoms with Crippen molar-refractivity contribution in [2.24, 2.45) is 0 Å². The molecule has 0 aliphatic carbocycles. The number of para-hydroxylation sites is 1. The Hall–Kier alpha value is -1.62. The number of hydrogen-bond donors (Lipinski definition) is 2. The van der Waals surface area contributed by atoms with Crippen LogP contribution >= 0.6 is 0 Å². The topological polar surface area (TPSA) is 52.6 Å². The van der Waals surface area contributed by atoms with E-state index in [0.717, 1.165) is 0 Å². The number of halogens is 1. The summed E-state index contributed by atoms with van der Waals surface area (Å²) in [4.78, 5) is 13.2. The van der Waals surface area contributed by atoms with Crippen LogP contribution in [0.1, 0.15) is 12.5 Å². The molecule has 1 aliphatic rings. The summed E-state index contributed by atoms with van der Waals surface area (Å²) in [6.45, 7) is 2.52. The van der Waals surface area contributed by atoms with Crippen molar-refractivity contribution >= 4 is 11.6 Å². The molecule has 1 aromatic rings. The molecule has 0 radical (unpaired) electrons. The standard InChI is InChI=1S/C12H15FN2O2/c1-8-12(17)14-5-6-15(8)11-9(7-16)3-2-4-10(11)13/h2-4,8,16H,5-7H2,1H3,(H,14,17). The van der Waals surface area contributed by atoms with E-state index in [9.17, 15) is 14.3 Å². The molecule has 92 valence electrons. The highest BCUT2D eigenvalue weighted by atomic mass is 19.1. The molecule has 1 atom stereocenters. The van der Waals surface area contributed by atoms with Gasteiger partial charge >= 0.3 is 0 Å². The van der Waals surface area contributed by atoms with Crippen LogP contribution in [-0.4, -0.2) is 30.1 Å². The van der Waals surface area contributed by atoms with Crippen molar-refractivity contribution in [2.45, 2.75) is 19.6 Å². The van der Waals surface area contributed by atoms with Crippen molar-refractivity contribution in [3.05, 3.63) is 29.6 Å². The van der Waals surface area contributed by atoms with Gasteiger partial charge in [-0.15, -0.1) is 0 Å². The highest BCUT2D eigenvalue weighted by Crippen LogP contribution is 2.27. The summed E-state index contributed by atoms with van der Waals surface area (Å²) in [6.07, 6.45) is 0. The van der Waals surface area contributed by atoms with E-state index in [2.05, 4.69) is 5.32 Å². The first-order valence-electron chi connectivity index (χ1n) is 5.57. The minimum absolute atomic E-state index is 0.122. The van der Waals surface area contributed by atoms with Crippen LogP contribution in [0.5, 0.6) is 0 Å². The van der Waals surface area contributed by atoms with Gasteiger partial charge in [0.2, 0.25) is 5.91 Å². The van der Waals surface area contributed by atoms with E-state index >= 15 is 0 Å². The Bertz CT molecular complexity index is 437. The van der Waals surface area contributed by atoms with Crippen molar-refractivity contribution in [1.29, 1.82) is 0 Å². The quantitative estimate of drug-likeness (QED) is 0.795. The van der Waals surface area contributed by atoms with Crippen LogP contribution in [0.2, 0.25) is 0 Å². The summed E-state index contributed by atoms with van der Waals surface area (Å²) in [5.41, 5.74) is 0.837. The summed E-state index contributed by atoms with van der Waals surface area (Å²) >= 11 is 0. The van der Waals surface area contributed by atoms with E-state index < -0.39 is 11.9 Å². The lowest BCUT2D eigenvalue weighted by Gasteiger charge is -2.35. The van der Waals surface area contributed by atoms with E-state index in [1.54, 1.807) is 24.0 Å². The van der Waals surface area contributed by atoms with Crippen molar-refractivity contribution < 1.29 is 14.3 Å². The Labute approximate surface area is 99.0 Å². The summed E-state index contributed by atoms with van der Waals surface area (Å²) in [7, 11) is 0. The Kier molecular flexibility index (Phi) is 3.28. The number of aliphatic hydroxyl groups is 1. The van der Waals surface area contributed by atoms with Gasteiger partial charge in [-0.2, -0.15) is 0 Å². The molecule has 4 nitrogen and oxygen atoms in total. The maximum Gasteiger partial charge on any atom is 0.242 e. The zero-order valence-corrected chi connectivity index (χ0v) is 9.61. The minimum atomic E-state index is -0.425. The van der Waals surface area contributed by atoms with Crippen molar-refractivity contribution in [1.82, 2.24) is 5.32 Å². The number of piperazine rings is 1. The number of nitrogens with zero attached hydrogens (tertiary/aromatic N) is 1. The Morgan fingerprint density at radius 1 is 1.59 bits per heavy atom. The maximum absolute atomic E-state index is 13.8. The second-order valence-corrected chi connectivity index (χ2v) is 4.07. The number of amides is 1. The fourth-order valence-electron chi connectivity index (χ4n) is 2.10. The number of aliphatic hydroxyl groups excluding tert-OH is 1. The Balaban J connectivity index is 2.41. The Morgan fingerprint density at radius 2 is 2.35 bits per heavy atom. The van der Waals surface area contributed by atoms with Crippen molar-refractivity contribution in [3.8, 4) is 0 Å². The number of carbonyl (C=O) groups is 1. The van der Waals surface area contributed by atoms with Crippen LogP contribution in [0.15, 0.2) is 18.2 Å². The molecule has 0 spiro atoms. The SMILES string of the molecule is CC1C(=O)NCCN1c1c(F)cccc1CO. The van der Waals surface area contributed by atoms with Gasteiger partial charge in [-0.3, -0.25) is 4.79 Å². The third kappa shape index (κ3) is 2.10. The van der Waals surface area contributed by atoms with E-state index in [-0.39, 0.29) is 12.5 Å². The van der Waals surface area contributed by atoms with Gasteiger partial charge in [0.05, 0.1) is 12.3 Å². The average Bonchev–Trinajstić information content (AvgIpc) is 2.33. The summed E-state index contributed by atoms with van der Waals surface area (Å²) in [5, 5.41) is 12.0. The maximum atomic E-state index is 13.8. The monoisotopic (exact) mass is 238 g/mol. The number of hydrogen-bond acceptors (Lipinski definition) is 3. The first-order valence-corrected chi connectivity index (χ1v) is 5.57. The summed E-state index contributed by atoms with van der Waals surface area (Å²) in [5.74, 6) is -0.526. The number of anilines is 1. The molecule has 1 heterocycles. The fraction of sp³-hybridized carbons (Fsp3) is 0.417. The van der Waals surface area contributed by atoms with E-state index in [1.807, 2.05) is 0 Å². The number of carbonyl (C=O) groups excluding carboxylic acids is 1. The first-order chi connectivity index (χ1) is 8.15. The Morgan fingerprint density at radius 3 is 3.06 bits per heavy atom. The van der Waals surface area contributed by atoms with E-state index in [4.69, 9.17) is 0 Å². The van der Waals surface area contributed by atoms with Crippen LogP contribution in [0, 0.1) is 5.82 Å². The number of nitrogens with one attached hydrogen (secondary N) is 1. The minimum Gasteiger partial charge on any atom is -0.392 e. The molecule has 0 aromatic heterocycles. The molecule has 0 bridgehead atoms. The van der Waals surface area contributed by atoms with Gasteiger partial charge in [0, 0.05) is 18.7 Å². The summed E-state index contributed by atoms with van der Waals surface area (Å²) < 4.78 is 13.8. The second-order valence-electron chi connectivity index (χ2n) is 4.07. The molecule has 1 unspecified atom stereocenters. The van der Waals surface area contributed by atoms with E-state index in [0.29, 0.717) is 24.3 Å². The van der Waals surface area contributed by atoms with Crippen molar-refractivity contribution in [3.63, 3.8) is 0 Å². The molecule has 0 saturated carbocycles. The van der Waals surface area contributed by atoms with Gasteiger partial charge in [-0.1, -0.05) is 12.1 Å². The molecule has 1 aromatic carbocycles. The van der Waals surface area contributed by atoms with Crippen LogP contribution in [0.3, 0.4) is 0 Å². The molecular formula is C12H15FN2O2. The molecule has 1 aliphatic heterocycles. The highest BCUT2D eigenvalue weighted by molar-refractivity contribution is 5.86.